The van der Waals surface area contributed by atoms with Crippen LogP contribution in [0.3, 0.4) is 0 Å². The Kier molecular flexibility index (Phi) is 3.69. The molecule has 1 aliphatic heterocycles. The van der Waals surface area contributed by atoms with Gasteiger partial charge >= 0.3 is 0 Å². The van der Waals surface area contributed by atoms with E-state index in [4.69, 9.17) is 10.00 Å². The number of halogens is 1. The van der Waals surface area contributed by atoms with Crippen LogP contribution in [0, 0.1) is 11.3 Å². The second kappa shape index (κ2) is 4.80. The highest BCUT2D eigenvalue weighted by Crippen LogP contribution is 2.15. The summed E-state index contributed by atoms with van der Waals surface area (Å²) in [4.78, 5) is 4.00. The Morgan fingerprint density at radius 1 is 1.57 bits per heavy atom. The van der Waals surface area contributed by atoms with Gasteiger partial charge in [0.05, 0.1) is 0 Å². The number of pyridine rings is 1. The summed E-state index contributed by atoms with van der Waals surface area (Å²) in [5.41, 5.74) is 0.495. The van der Waals surface area contributed by atoms with Crippen LogP contribution in [0.5, 0.6) is 5.88 Å². The highest BCUT2D eigenvalue weighted by Gasteiger charge is 2.19. The molecular weight excluding hydrogens is 202 g/mol. The second-order valence-electron chi connectivity index (χ2n) is 2.87. The van der Waals surface area contributed by atoms with E-state index in [9.17, 15) is 0 Å². The van der Waals surface area contributed by atoms with Crippen molar-refractivity contribution in [2.24, 2.45) is 0 Å². The quantitative estimate of drug-likeness (QED) is 0.784. The average Bonchev–Trinajstić information content (AvgIpc) is 2.12. The molecule has 1 fully saturated rings. The van der Waals surface area contributed by atoms with E-state index < -0.39 is 0 Å². The lowest BCUT2D eigenvalue weighted by molar-refractivity contribution is 0.135. The Bertz CT molecular complexity index is 346. The van der Waals surface area contributed by atoms with Crippen LogP contribution < -0.4 is 10.1 Å². The minimum atomic E-state index is 0. The first-order valence-electron chi connectivity index (χ1n) is 4.12. The number of nitrogens with one attached hydrogen (secondary N) is 1. The molecule has 1 aliphatic rings. The van der Waals surface area contributed by atoms with Gasteiger partial charge in [0.2, 0.25) is 5.88 Å². The van der Waals surface area contributed by atoms with Crippen LogP contribution >= 0.6 is 12.4 Å². The fourth-order valence-corrected chi connectivity index (χ4v) is 1.07. The molecule has 0 bridgehead atoms. The normalized spacial score (nSPS) is 14.8. The molecular formula is C9H10ClN3O. The van der Waals surface area contributed by atoms with Crippen LogP contribution in [-0.2, 0) is 0 Å². The number of ether oxygens (including phenoxy) is 1. The summed E-state index contributed by atoms with van der Waals surface area (Å²) in [6.07, 6.45) is 1.80. The molecule has 0 spiro atoms. The largest absolute Gasteiger partial charge is 0.471 e. The summed E-state index contributed by atoms with van der Waals surface area (Å²) >= 11 is 0. The molecule has 4 nitrogen and oxygen atoms in total. The van der Waals surface area contributed by atoms with Gasteiger partial charge in [0.15, 0.2) is 0 Å². The van der Waals surface area contributed by atoms with E-state index in [0.29, 0.717) is 11.4 Å². The smallest absolute Gasteiger partial charge is 0.231 e. The first kappa shape index (κ1) is 10.8. The molecule has 0 saturated carbocycles. The molecule has 74 valence electrons. The third kappa shape index (κ3) is 2.13. The van der Waals surface area contributed by atoms with E-state index in [1.807, 2.05) is 6.07 Å². The highest BCUT2D eigenvalue weighted by molar-refractivity contribution is 5.85. The number of aromatic nitrogens is 1. The molecule has 2 heterocycles. The van der Waals surface area contributed by atoms with Crippen molar-refractivity contribution in [3.8, 4) is 11.9 Å². The first-order chi connectivity index (χ1) is 6.40. The van der Waals surface area contributed by atoms with Gasteiger partial charge in [0.25, 0.3) is 0 Å². The first-order valence-corrected chi connectivity index (χ1v) is 4.12. The summed E-state index contributed by atoms with van der Waals surface area (Å²) in [7, 11) is 0. The average molecular weight is 212 g/mol. The lowest BCUT2D eigenvalue weighted by atomic mass is 10.2. The van der Waals surface area contributed by atoms with Gasteiger partial charge in [-0.25, -0.2) is 4.98 Å². The minimum Gasteiger partial charge on any atom is -0.471 e. The fraction of sp³-hybridized carbons (Fsp3) is 0.333. The van der Waals surface area contributed by atoms with E-state index in [0.717, 1.165) is 13.1 Å². The standard InChI is InChI=1S/C9H9N3O.ClH/c10-4-7-2-1-3-12-9(7)13-8-5-11-6-8;/h1-3,8,11H,5-6H2;1H. The van der Waals surface area contributed by atoms with Crippen molar-refractivity contribution in [2.75, 3.05) is 13.1 Å². The van der Waals surface area contributed by atoms with Gasteiger partial charge in [-0.3, -0.25) is 0 Å². The Morgan fingerprint density at radius 3 is 2.93 bits per heavy atom. The zero-order valence-corrected chi connectivity index (χ0v) is 8.25. The Morgan fingerprint density at radius 2 is 2.36 bits per heavy atom. The number of nitrogens with zero attached hydrogens (tertiary/aromatic N) is 2. The summed E-state index contributed by atoms with van der Waals surface area (Å²) in [6, 6.07) is 5.47. The molecule has 0 aromatic carbocycles. The molecule has 2 rings (SSSR count). The van der Waals surface area contributed by atoms with Gasteiger partial charge in [0.1, 0.15) is 17.7 Å². The number of hydrogen-bond acceptors (Lipinski definition) is 4. The third-order valence-electron chi connectivity index (χ3n) is 1.91. The van der Waals surface area contributed by atoms with Crippen molar-refractivity contribution in [1.29, 1.82) is 5.26 Å². The monoisotopic (exact) mass is 211 g/mol. The maximum Gasteiger partial charge on any atom is 0.231 e. The summed E-state index contributed by atoms with van der Waals surface area (Å²) in [6.45, 7) is 1.67. The lowest BCUT2D eigenvalue weighted by Crippen LogP contribution is -2.50. The Labute approximate surface area is 88.3 Å². The highest BCUT2D eigenvalue weighted by atomic mass is 35.5. The van der Waals surface area contributed by atoms with Gasteiger partial charge in [-0.2, -0.15) is 5.26 Å². The maximum atomic E-state index is 8.74. The molecule has 0 radical (unpaired) electrons. The van der Waals surface area contributed by atoms with Crippen molar-refractivity contribution in [2.45, 2.75) is 6.10 Å². The summed E-state index contributed by atoms with van der Waals surface area (Å²) in [5, 5.41) is 11.8. The predicted molar refractivity (Wildman–Crippen MR) is 53.5 cm³/mol. The molecule has 5 heteroatoms. The molecule has 1 aromatic rings. The minimum absolute atomic E-state index is 0. The van der Waals surface area contributed by atoms with E-state index in [-0.39, 0.29) is 18.5 Å². The van der Waals surface area contributed by atoms with Crippen molar-refractivity contribution in [3.05, 3.63) is 23.9 Å². The molecule has 14 heavy (non-hydrogen) atoms. The van der Waals surface area contributed by atoms with Gasteiger partial charge in [-0.1, -0.05) is 0 Å². The molecule has 1 aromatic heterocycles. The number of rotatable bonds is 2. The molecule has 1 saturated heterocycles. The summed E-state index contributed by atoms with van der Waals surface area (Å²) in [5.74, 6) is 0.441. The molecule has 1 N–H and O–H groups in total. The Balaban J connectivity index is 0.000000980. The van der Waals surface area contributed by atoms with Crippen LogP contribution in [0.4, 0.5) is 0 Å². The van der Waals surface area contributed by atoms with Crippen LogP contribution in [0.1, 0.15) is 5.56 Å². The zero-order valence-electron chi connectivity index (χ0n) is 7.43. The van der Waals surface area contributed by atoms with Crippen molar-refractivity contribution >= 4 is 12.4 Å². The number of hydrogen-bond donors (Lipinski definition) is 1. The summed E-state index contributed by atoms with van der Waals surface area (Å²) < 4.78 is 5.48. The van der Waals surface area contributed by atoms with Crippen molar-refractivity contribution in [1.82, 2.24) is 10.3 Å². The van der Waals surface area contributed by atoms with Crippen LogP contribution in [-0.4, -0.2) is 24.2 Å². The van der Waals surface area contributed by atoms with Crippen molar-refractivity contribution < 1.29 is 4.74 Å². The van der Waals surface area contributed by atoms with E-state index in [1.54, 1.807) is 18.3 Å². The lowest BCUT2D eigenvalue weighted by Gasteiger charge is -2.27. The SMILES string of the molecule is Cl.N#Cc1cccnc1OC1CNC1. The maximum absolute atomic E-state index is 8.74. The Hall–Kier alpha value is -1.31. The van der Waals surface area contributed by atoms with Gasteiger partial charge in [-0.05, 0) is 12.1 Å². The van der Waals surface area contributed by atoms with Crippen LogP contribution in [0.25, 0.3) is 0 Å². The van der Waals surface area contributed by atoms with Crippen LogP contribution in [0.2, 0.25) is 0 Å². The number of nitriles is 1. The predicted octanol–water partition coefficient (Wildman–Crippen LogP) is 0.726. The van der Waals surface area contributed by atoms with Gasteiger partial charge in [-0.15, -0.1) is 12.4 Å². The topological polar surface area (TPSA) is 57.9 Å². The van der Waals surface area contributed by atoms with Gasteiger partial charge < -0.3 is 10.1 Å². The fourth-order valence-electron chi connectivity index (χ4n) is 1.07. The van der Waals surface area contributed by atoms with E-state index in [1.165, 1.54) is 0 Å². The molecule has 0 atom stereocenters. The van der Waals surface area contributed by atoms with Gasteiger partial charge in [0, 0.05) is 19.3 Å². The molecule has 0 amide bonds. The van der Waals surface area contributed by atoms with Crippen molar-refractivity contribution in [3.63, 3.8) is 0 Å². The van der Waals surface area contributed by atoms with E-state index in [2.05, 4.69) is 10.3 Å². The van der Waals surface area contributed by atoms with Crippen LogP contribution in [0.15, 0.2) is 18.3 Å². The van der Waals surface area contributed by atoms with E-state index >= 15 is 0 Å². The second-order valence-corrected chi connectivity index (χ2v) is 2.87. The molecule has 0 aliphatic carbocycles. The zero-order chi connectivity index (χ0) is 9.10. The molecule has 0 unspecified atom stereocenters. The third-order valence-corrected chi connectivity index (χ3v) is 1.91.